The summed E-state index contributed by atoms with van der Waals surface area (Å²) in [5.41, 5.74) is 2.01. The van der Waals surface area contributed by atoms with Gasteiger partial charge < -0.3 is 15.0 Å². The first-order valence-corrected chi connectivity index (χ1v) is 6.78. The third-order valence-corrected chi connectivity index (χ3v) is 3.54. The first-order chi connectivity index (χ1) is 9.13. The van der Waals surface area contributed by atoms with Crippen LogP contribution in [0.4, 0.5) is 11.4 Å². The molecule has 1 N–H and O–H groups in total. The Morgan fingerprint density at radius 3 is 2.89 bits per heavy atom. The molecule has 19 heavy (non-hydrogen) atoms. The SMILES string of the molecule is COCCC(=O)N1C[C@H](C(C)C)Nc2ccccc21. The minimum absolute atomic E-state index is 0.126. The van der Waals surface area contributed by atoms with Gasteiger partial charge in [-0.25, -0.2) is 0 Å². The van der Waals surface area contributed by atoms with Crippen LogP contribution in [0, 0.1) is 5.92 Å². The second kappa shape index (κ2) is 6.06. The Bertz CT molecular complexity index is 446. The Morgan fingerprint density at radius 1 is 1.47 bits per heavy atom. The number of nitrogens with one attached hydrogen (secondary N) is 1. The molecule has 1 heterocycles. The molecule has 1 atom stereocenters. The number of carbonyl (C=O) groups excluding carboxylic acids is 1. The summed E-state index contributed by atoms with van der Waals surface area (Å²) in [6.45, 7) is 5.53. The second-order valence-corrected chi connectivity index (χ2v) is 5.26. The van der Waals surface area contributed by atoms with Gasteiger partial charge >= 0.3 is 0 Å². The molecule has 1 amide bonds. The number of ether oxygens (including phenoxy) is 1. The highest BCUT2D eigenvalue weighted by Crippen LogP contribution is 2.32. The molecule has 1 aliphatic heterocycles. The van der Waals surface area contributed by atoms with Crippen molar-refractivity contribution in [3.05, 3.63) is 24.3 Å². The summed E-state index contributed by atoms with van der Waals surface area (Å²) in [5, 5.41) is 3.51. The molecule has 2 rings (SSSR count). The number of benzene rings is 1. The number of amides is 1. The summed E-state index contributed by atoms with van der Waals surface area (Å²) in [5.74, 6) is 0.604. The molecule has 0 aliphatic carbocycles. The van der Waals surface area contributed by atoms with E-state index >= 15 is 0 Å². The molecule has 1 aromatic rings. The molecule has 0 radical (unpaired) electrons. The Hall–Kier alpha value is -1.55. The maximum atomic E-state index is 12.3. The van der Waals surface area contributed by atoms with Crippen molar-refractivity contribution in [3.63, 3.8) is 0 Å². The topological polar surface area (TPSA) is 41.6 Å². The number of hydrogen-bond donors (Lipinski definition) is 1. The number of rotatable bonds is 4. The number of carbonyl (C=O) groups is 1. The molecular formula is C15H22N2O2. The van der Waals surface area contributed by atoms with Crippen molar-refractivity contribution >= 4 is 17.3 Å². The molecule has 0 unspecified atom stereocenters. The molecule has 0 spiro atoms. The molecule has 0 fully saturated rings. The number of anilines is 2. The zero-order valence-corrected chi connectivity index (χ0v) is 11.8. The first-order valence-electron chi connectivity index (χ1n) is 6.78. The van der Waals surface area contributed by atoms with Crippen molar-refractivity contribution in [2.75, 3.05) is 30.5 Å². The lowest BCUT2D eigenvalue weighted by molar-refractivity contribution is -0.119. The second-order valence-electron chi connectivity index (χ2n) is 5.26. The predicted molar refractivity (Wildman–Crippen MR) is 77.5 cm³/mol. The van der Waals surface area contributed by atoms with Gasteiger partial charge in [0, 0.05) is 19.7 Å². The minimum Gasteiger partial charge on any atom is -0.384 e. The number of methoxy groups -OCH3 is 1. The molecule has 1 aromatic carbocycles. The Labute approximate surface area is 114 Å². The fourth-order valence-corrected chi connectivity index (χ4v) is 2.31. The lowest BCUT2D eigenvalue weighted by Gasteiger charge is -2.37. The van der Waals surface area contributed by atoms with Gasteiger partial charge in [-0.15, -0.1) is 0 Å². The Kier molecular flexibility index (Phi) is 4.43. The zero-order chi connectivity index (χ0) is 13.8. The van der Waals surface area contributed by atoms with Crippen molar-refractivity contribution in [2.24, 2.45) is 5.92 Å². The lowest BCUT2D eigenvalue weighted by Crippen LogP contribution is -2.47. The molecule has 4 heteroatoms. The molecular weight excluding hydrogens is 240 g/mol. The summed E-state index contributed by atoms with van der Waals surface area (Å²) in [6.07, 6.45) is 0.426. The van der Waals surface area contributed by atoms with E-state index in [2.05, 4.69) is 19.2 Å². The van der Waals surface area contributed by atoms with Gasteiger partial charge in [-0.3, -0.25) is 4.79 Å². The van der Waals surface area contributed by atoms with Gasteiger partial charge in [0.2, 0.25) is 5.91 Å². The van der Waals surface area contributed by atoms with E-state index in [4.69, 9.17) is 4.74 Å². The highest BCUT2D eigenvalue weighted by atomic mass is 16.5. The number of para-hydroxylation sites is 2. The maximum absolute atomic E-state index is 12.3. The smallest absolute Gasteiger partial charge is 0.229 e. The Balaban J connectivity index is 2.23. The monoisotopic (exact) mass is 262 g/mol. The number of nitrogens with zero attached hydrogens (tertiary/aromatic N) is 1. The zero-order valence-electron chi connectivity index (χ0n) is 11.8. The highest BCUT2D eigenvalue weighted by Gasteiger charge is 2.28. The molecule has 0 aromatic heterocycles. The average Bonchev–Trinajstić information content (AvgIpc) is 2.43. The van der Waals surface area contributed by atoms with Crippen LogP contribution in [0.5, 0.6) is 0 Å². The van der Waals surface area contributed by atoms with Gasteiger partial charge in [-0.1, -0.05) is 26.0 Å². The largest absolute Gasteiger partial charge is 0.384 e. The van der Waals surface area contributed by atoms with Gasteiger partial charge in [-0.05, 0) is 18.1 Å². The normalized spacial score (nSPS) is 18.1. The molecule has 0 bridgehead atoms. The lowest BCUT2D eigenvalue weighted by atomic mass is 9.99. The number of fused-ring (bicyclic) bond motifs is 1. The van der Waals surface area contributed by atoms with Crippen LogP contribution in [0.3, 0.4) is 0 Å². The predicted octanol–water partition coefficient (Wildman–Crippen LogP) is 2.51. The van der Waals surface area contributed by atoms with Crippen LogP contribution in [0.2, 0.25) is 0 Å². The van der Waals surface area contributed by atoms with Crippen LogP contribution in [0.15, 0.2) is 24.3 Å². The van der Waals surface area contributed by atoms with Crippen LogP contribution >= 0.6 is 0 Å². The van der Waals surface area contributed by atoms with Gasteiger partial charge in [0.15, 0.2) is 0 Å². The van der Waals surface area contributed by atoms with E-state index in [1.165, 1.54) is 0 Å². The van der Waals surface area contributed by atoms with Crippen LogP contribution in [0.1, 0.15) is 20.3 Å². The van der Waals surface area contributed by atoms with Crippen molar-refractivity contribution in [1.29, 1.82) is 0 Å². The molecule has 0 saturated carbocycles. The van der Waals surface area contributed by atoms with E-state index in [9.17, 15) is 4.79 Å². The van der Waals surface area contributed by atoms with Crippen molar-refractivity contribution in [2.45, 2.75) is 26.3 Å². The van der Waals surface area contributed by atoms with E-state index in [0.717, 1.165) is 17.9 Å². The van der Waals surface area contributed by atoms with Gasteiger partial charge in [-0.2, -0.15) is 0 Å². The van der Waals surface area contributed by atoms with Crippen LogP contribution < -0.4 is 10.2 Å². The third kappa shape index (κ3) is 3.07. The summed E-state index contributed by atoms with van der Waals surface area (Å²) in [7, 11) is 1.62. The van der Waals surface area contributed by atoms with Gasteiger partial charge in [0.05, 0.1) is 24.4 Å². The third-order valence-electron chi connectivity index (χ3n) is 3.54. The van der Waals surface area contributed by atoms with E-state index in [1.54, 1.807) is 7.11 Å². The van der Waals surface area contributed by atoms with Crippen LogP contribution in [0.25, 0.3) is 0 Å². The van der Waals surface area contributed by atoms with Gasteiger partial charge in [0.25, 0.3) is 0 Å². The van der Waals surface area contributed by atoms with E-state index in [0.29, 0.717) is 25.0 Å². The summed E-state index contributed by atoms with van der Waals surface area (Å²) in [4.78, 5) is 14.2. The molecule has 1 aliphatic rings. The van der Waals surface area contributed by atoms with E-state index < -0.39 is 0 Å². The highest BCUT2D eigenvalue weighted by molar-refractivity contribution is 5.97. The standard InChI is InChI=1S/C15H22N2O2/c1-11(2)13-10-17(15(18)8-9-19-3)14-7-5-4-6-12(14)16-13/h4-7,11,13,16H,8-10H2,1-3H3/t13-/m1/s1. The van der Waals surface area contributed by atoms with Crippen LogP contribution in [-0.4, -0.2) is 32.2 Å². The van der Waals surface area contributed by atoms with Crippen molar-refractivity contribution in [1.82, 2.24) is 0 Å². The Morgan fingerprint density at radius 2 is 2.21 bits per heavy atom. The molecule has 0 saturated heterocycles. The van der Waals surface area contributed by atoms with E-state index in [1.807, 2.05) is 29.2 Å². The summed E-state index contributed by atoms with van der Waals surface area (Å²) < 4.78 is 5.00. The number of hydrogen-bond acceptors (Lipinski definition) is 3. The van der Waals surface area contributed by atoms with Crippen molar-refractivity contribution in [3.8, 4) is 0 Å². The average molecular weight is 262 g/mol. The fraction of sp³-hybridized carbons (Fsp3) is 0.533. The van der Waals surface area contributed by atoms with Crippen LogP contribution in [-0.2, 0) is 9.53 Å². The summed E-state index contributed by atoms with van der Waals surface area (Å²) in [6, 6.07) is 8.27. The first kappa shape index (κ1) is 13.9. The minimum atomic E-state index is 0.126. The molecule has 4 nitrogen and oxygen atoms in total. The maximum Gasteiger partial charge on any atom is 0.229 e. The summed E-state index contributed by atoms with van der Waals surface area (Å²) >= 11 is 0. The van der Waals surface area contributed by atoms with Gasteiger partial charge in [0.1, 0.15) is 0 Å². The quantitative estimate of drug-likeness (QED) is 0.906. The fourth-order valence-electron chi connectivity index (χ4n) is 2.31. The van der Waals surface area contributed by atoms with Crippen molar-refractivity contribution < 1.29 is 9.53 Å². The molecule has 104 valence electrons. The van der Waals surface area contributed by atoms with E-state index in [-0.39, 0.29) is 5.91 Å².